The largest absolute Gasteiger partial charge is 0.506 e. The first-order chi connectivity index (χ1) is 12.1. The van der Waals surface area contributed by atoms with E-state index >= 15 is 0 Å². The zero-order valence-corrected chi connectivity index (χ0v) is 15.2. The van der Waals surface area contributed by atoms with Crippen molar-refractivity contribution >= 4 is 11.4 Å². The molecular formula is C18H32N2O5. The molecule has 0 saturated heterocycles. The fourth-order valence-corrected chi connectivity index (χ4v) is 2.17. The number of aliphatic hydroxyl groups is 2. The Morgan fingerprint density at radius 1 is 0.920 bits per heavy atom. The maximum atomic E-state index is 10.1. The van der Waals surface area contributed by atoms with Gasteiger partial charge >= 0.3 is 0 Å². The van der Waals surface area contributed by atoms with Crippen molar-refractivity contribution in [2.45, 2.75) is 38.9 Å². The molecule has 0 saturated carbocycles. The molecule has 0 aromatic heterocycles. The Labute approximate surface area is 150 Å². The molecule has 0 fully saturated rings. The number of phenolic OH excluding ortho intramolecular Hbond substituents is 1. The maximum Gasteiger partial charge on any atom is 0.140 e. The van der Waals surface area contributed by atoms with Gasteiger partial charge in [-0.1, -0.05) is 19.9 Å². The third-order valence-corrected chi connectivity index (χ3v) is 3.40. The Hall–Kier alpha value is -1.54. The number of aromatic hydroxyl groups is 1. The van der Waals surface area contributed by atoms with Crippen molar-refractivity contribution < 1.29 is 24.8 Å². The van der Waals surface area contributed by atoms with E-state index in [-0.39, 0.29) is 25.5 Å². The summed E-state index contributed by atoms with van der Waals surface area (Å²) < 4.78 is 10.6. The van der Waals surface area contributed by atoms with E-state index in [4.69, 9.17) is 9.47 Å². The van der Waals surface area contributed by atoms with Crippen LogP contribution >= 0.6 is 0 Å². The smallest absolute Gasteiger partial charge is 0.140 e. The summed E-state index contributed by atoms with van der Waals surface area (Å²) in [5.41, 5.74) is 1.13. The van der Waals surface area contributed by atoms with Crippen molar-refractivity contribution in [2.24, 2.45) is 0 Å². The van der Waals surface area contributed by atoms with Gasteiger partial charge in [0.25, 0.3) is 0 Å². The molecule has 0 spiro atoms. The second-order valence-corrected chi connectivity index (χ2v) is 5.92. The van der Waals surface area contributed by atoms with Gasteiger partial charge in [0.15, 0.2) is 0 Å². The molecule has 0 radical (unpaired) electrons. The molecule has 0 bridgehead atoms. The molecule has 1 rings (SSSR count). The van der Waals surface area contributed by atoms with Gasteiger partial charge in [0, 0.05) is 26.3 Å². The van der Waals surface area contributed by atoms with Crippen LogP contribution in [-0.2, 0) is 9.47 Å². The third kappa shape index (κ3) is 8.92. The van der Waals surface area contributed by atoms with Gasteiger partial charge in [0.1, 0.15) is 11.4 Å². The summed E-state index contributed by atoms with van der Waals surface area (Å²) in [5.74, 6) is 0.0726. The van der Waals surface area contributed by atoms with Crippen molar-refractivity contribution in [1.82, 2.24) is 0 Å². The van der Waals surface area contributed by atoms with Gasteiger partial charge in [0.2, 0.25) is 0 Å². The fraction of sp³-hybridized carbons (Fsp3) is 0.667. The van der Waals surface area contributed by atoms with E-state index in [0.717, 1.165) is 12.8 Å². The number of aliphatic hydroxyl groups excluding tert-OH is 2. The lowest BCUT2D eigenvalue weighted by molar-refractivity contribution is 0.0434. The first-order valence-electron chi connectivity index (χ1n) is 8.89. The van der Waals surface area contributed by atoms with Gasteiger partial charge in [-0.15, -0.1) is 0 Å². The monoisotopic (exact) mass is 356 g/mol. The van der Waals surface area contributed by atoms with Crippen molar-refractivity contribution in [3.8, 4) is 5.75 Å². The number of para-hydroxylation sites is 1. The predicted octanol–water partition coefficient (Wildman–Crippen LogP) is 1.79. The van der Waals surface area contributed by atoms with E-state index < -0.39 is 12.2 Å². The number of nitrogens with one attached hydrogen (secondary N) is 2. The van der Waals surface area contributed by atoms with Crippen molar-refractivity contribution in [3.63, 3.8) is 0 Å². The van der Waals surface area contributed by atoms with Gasteiger partial charge in [-0.2, -0.15) is 0 Å². The van der Waals surface area contributed by atoms with Crippen LogP contribution in [0.3, 0.4) is 0 Å². The van der Waals surface area contributed by atoms with Crippen LogP contribution in [0, 0.1) is 0 Å². The number of benzene rings is 1. The number of rotatable bonds is 14. The summed E-state index contributed by atoms with van der Waals surface area (Å²) in [5, 5.41) is 36.0. The van der Waals surface area contributed by atoms with E-state index in [1.807, 2.05) is 13.8 Å². The average Bonchev–Trinajstić information content (AvgIpc) is 2.59. The highest BCUT2D eigenvalue weighted by Crippen LogP contribution is 2.31. The number of phenols is 1. The summed E-state index contributed by atoms with van der Waals surface area (Å²) in [6.45, 7) is 6.29. The molecule has 0 aliphatic rings. The molecule has 7 heteroatoms. The zero-order valence-electron chi connectivity index (χ0n) is 15.2. The Balaban J connectivity index is 2.50. The zero-order chi connectivity index (χ0) is 18.5. The Morgan fingerprint density at radius 2 is 1.48 bits per heavy atom. The molecule has 2 unspecified atom stereocenters. The predicted molar refractivity (Wildman–Crippen MR) is 99.3 cm³/mol. The van der Waals surface area contributed by atoms with Crippen molar-refractivity contribution in [2.75, 3.05) is 50.2 Å². The van der Waals surface area contributed by atoms with Crippen LogP contribution < -0.4 is 10.6 Å². The molecule has 0 heterocycles. The minimum Gasteiger partial charge on any atom is -0.506 e. The highest BCUT2D eigenvalue weighted by Gasteiger charge is 2.12. The van der Waals surface area contributed by atoms with E-state index in [0.29, 0.717) is 31.1 Å². The van der Waals surface area contributed by atoms with Crippen LogP contribution in [0.15, 0.2) is 18.2 Å². The van der Waals surface area contributed by atoms with E-state index in [2.05, 4.69) is 10.6 Å². The number of hydrogen-bond donors (Lipinski definition) is 5. The second kappa shape index (κ2) is 12.8. The van der Waals surface area contributed by atoms with Gasteiger partial charge in [-0.3, -0.25) is 0 Å². The minimum atomic E-state index is -0.674. The third-order valence-electron chi connectivity index (χ3n) is 3.40. The lowest BCUT2D eigenvalue weighted by Gasteiger charge is -2.19. The summed E-state index contributed by atoms with van der Waals surface area (Å²) in [7, 11) is 0. The highest BCUT2D eigenvalue weighted by atomic mass is 16.5. The fourth-order valence-electron chi connectivity index (χ4n) is 2.17. The molecule has 0 aliphatic heterocycles. The van der Waals surface area contributed by atoms with E-state index in [1.54, 1.807) is 18.2 Å². The van der Waals surface area contributed by atoms with Crippen LogP contribution in [-0.4, -0.2) is 67.0 Å². The quantitative estimate of drug-likeness (QED) is 0.256. The Kier molecular flexibility index (Phi) is 11.0. The van der Waals surface area contributed by atoms with Crippen LogP contribution in [0.4, 0.5) is 11.4 Å². The molecule has 144 valence electrons. The lowest BCUT2D eigenvalue weighted by Crippen LogP contribution is -2.27. The summed E-state index contributed by atoms with van der Waals surface area (Å²) in [6, 6.07) is 5.07. The molecule has 25 heavy (non-hydrogen) atoms. The van der Waals surface area contributed by atoms with Gasteiger partial charge in [-0.25, -0.2) is 0 Å². The van der Waals surface area contributed by atoms with E-state index in [9.17, 15) is 15.3 Å². The lowest BCUT2D eigenvalue weighted by atomic mass is 10.2. The topological polar surface area (TPSA) is 103 Å². The molecule has 2 atom stereocenters. The van der Waals surface area contributed by atoms with Gasteiger partial charge in [0.05, 0.1) is 31.1 Å². The molecule has 7 nitrogen and oxygen atoms in total. The van der Waals surface area contributed by atoms with Crippen LogP contribution in [0.5, 0.6) is 5.75 Å². The van der Waals surface area contributed by atoms with Crippen LogP contribution in [0.1, 0.15) is 26.7 Å². The summed E-state index contributed by atoms with van der Waals surface area (Å²) >= 11 is 0. The minimum absolute atomic E-state index is 0.0726. The van der Waals surface area contributed by atoms with Gasteiger partial charge < -0.3 is 35.4 Å². The van der Waals surface area contributed by atoms with Crippen LogP contribution in [0.2, 0.25) is 0 Å². The second-order valence-electron chi connectivity index (χ2n) is 5.92. The summed E-state index contributed by atoms with van der Waals surface area (Å²) in [6.07, 6.45) is 0.491. The Bertz CT molecular complexity index is 473. The first kappa shape index (κ1) is 21.5. The number of hydrogen-bond acceptors (Lipinski definition) is 7. The van der Waals surface area contributed by atoms with Gasteiger partial charge in [-0.05, 0) is 25.0 Å². The van der Waals surface area contributed by atoms with Crippen molar-refractivity contribution in [1.29, 1.82) is 0 Å². The Morgan fingerprint density at radius 3 is 2.04 bits per heavy atom. The number of anilines is 2. The first-order valence-corrected chi connectivity index (χ1v) is 8.89. The maximum absolute atomic E-state index is 10.1. The molecule has 0 aliphatic carbocycles. The summed E-state index contributed by atoms with van der Waals surface area (Å²) in [4.78, 5) is 0. The molecule has 0 amide bonds. The van der Waals surface area contributed by atoms with Crippen LogP contribution in [0.25, 0.3) is 0 Å². The SMILES string of the molecule is CCCOCC(O)CNc1cccc(O)c1NCC(O)COCCC. The average molecular weight is 356 g/mol. The normalized spacial score (nSPS) is 13.4. The van der Waals surface area contributed by atoms with Crippen molar-refractivity contribution in [3.05, 3.63) is 18.2 Å². The number of ether oxygens (including phenoxy) is 2. The highest BCUT2D eigenvalue weighted by molar-refractivity contribution is 5.75. The molecule has 5 N–H and O–H groups in total. The van der Waals surface area contributed by atoms with E-state index in [1.165, 1.54) is 0 Å². The molecule has 1 aromatic carbocycles. The molecule has 1 aromatic rings. The molecular weight excluding hydrogens is 324 g/mol. The standard InChI is InChI=1S/C18H32N2O5/c1-3-8-24-12-14(21)10-19-16-6-5-7-17(23)18(16)20-11-15(22)13-25-9-4-2/h5-7,14-15,19-23H,3-4,8-13H2,1-2H3.